The second kappa shape index (κ2) is 3.89. The number of ether oxygens (including phenoxy) is 2. The summed E-state index contributed by atoms with van der Waals surface area (Å²) in [5.41, 5.74) is 0.562. The molecule has 0 aliphatic carbocycles. The summed E-state index contributed by atoms with van der Waals surface area (Å²) in [6, 6.07) is 5.40. The summed E-state index contributed by atoms with van der Waals surface area (Å²) < 4.78 is 10.9. The molecule has 86 valence electrons. The zero-order chi connectivity index (χ0) is 11.8. The monoisotopic (exact) mass is 294 g/mol. The average molecular weight is 295 g/mol. The number of aromatic nitrogens is 2. The number of rotatable bonds is 1. The summed E-state index contributed by atoms with van der Waals surface area (Å²) in [6.07, 6.45) is 1.47. The SMILES string of the molecule is O=c1[nH]c(-c2ccc3c(c2)OCO3)ncc1Br. The van der Waals surface area contributed by atoms with Gasteiger partial charge in [-0.25, -0.2) is 4.98 Å². The van der Waals surface area contributed by atoms with Crippen molar-refractivity contribution >= 4 is 15.9 Å². The van der Waals surface area contributed by atoms with Gasteiger partial charge in [0.1, 0.15) is 10.3 Å². The topological polar surface area (TPSA) is 64.2 Å². The van der Waals surface area contributed by atoms with Crippen LogP contribution in [0.4, 0.5) is 0 Å². The Bertz CT molecular complexity index is 639. The van der Waals surface area contributed by atoms with Crippen molar-refractivity contribution in [3.63, 3.8) is 0 Å². The van der Waals surface area contributed by atoms with E-state index in [1.807, 2.05) is 6.07 Å². The first kappa shape index (κ1) is 10.3. The Morgan fingerprint density at radius 2 is 2.12 bits per heavy atom. The molecule has 0 saturated heterocycles. The summed E-state index contributed by atoms with van der Waals surface area (Å²) in [6.45, 7) is 0.225. The lowest BCUT2D eigenvalue weighted by molar-refractivity contribution is 0.174. The molecule has 1 aliphatic heterocycles. The van der Waals surface area contributed by atoms with E-state index in [1.54, 1.807) is 12.1 Å². The van der Waals surface area contributed by atoms with Gasteiger partial charge in [-0.1, -0.05) is 0 Å². The smallest absolute Gasteiger partial charge is 0.265 e. The minimum absolute atomic E-state index is 0.215. The van der Waals surface area contributed by atoms with Crippen LogP contribution in [0.3, 0.4) is 0 Å². The molecular formula is C11H7BrN2O3. The fourth-order valence-corrected chi connectivity index (χ4v) is 1.77. The van der Waals surface area contributed by atoms with Crippen molar-refractivity contribution in [1.82, 2.24) is 9.97 Å². The van der Waals surface area contributed by atoms with Crippen LogP contribution >= 0.6 is 15.9 Å². The van der Waals surface area contributed by atoms with Crippen molar-refractivity contribution in [3.05, 3.63) is 39.2 Å². The van der Waals surface area contributed by atoms with Gasteiger partial charge in [-0.2, -0.15) is 0 Å². The van der Waals surface area contributed by atoms with Crippen LogP contribution in [-0.2, 0) is 0 Å². The average Bonchev–Trinajstić information content (AvgIpc) is 2.79. The van der Waals surface area contributed by atoms with Gasteiger partial charge in [0.25, 0.3) is 5.56 Å². The Labute approximate surface area is 105 Å². The molecule has 0 unspecified atom stereocenters. The van der Waals surface area contributed by atoms with E-state index in [0.29, 0.717) is 21.8 Å². The molecule has 0 fully saturated rings. The quantitative estimate of drug-likeness (QED) is 0.873. The van der Waals surface area contributed by atoms with Gasteiger partial charge < -0.3 is 14.5 Å². The maximum absolute atomic E-state index is 11.4. The molecule has 5 nitrogen and oxygen atoms in total. The molecule has 3 rings (SSSR count). The minimum Gasteiger partial charge on any atom is -0.454 e. The van der Waals surface area contributed by atoms with E-state index in [1.165, 1.54) is 6.20 Å². The number of benzene rings is 1. The van der Waals surface area contributed by atoms with Gasteiger partial charge in [0.2, 0.25) is 6.79 Å². The predicted molar refractivity (Wildman–Crippen MR) is 64.1 cm³/mol. The molecule has 0 bridgehead atoms. The number of H-pyrrole nitrogens is 1. The molecule has 1 aromatic carbocycles. The first-order chi connectivity index (χ1) is 8.24. The molecule has 0 radical (unpaired) electrons. The van der Waals surface area contributed by atoms with Crippen LogP contribution in [-0.4, -0.2) is 16.8 Å². The number of hydrogen-bond donors (Lipinski definition) is 1. The Morgan fingerprint density at radius 3 is 2.94 bits per heavy atom. The van der Waals surface area contributed by atoms with E-state index in [-0.39, 0.29) is 12.4 Å². The van der Waals surface area contributed by atoms with E-state index in [4.69, 9.17) is 9.47 Å². The predicted octanol–water partition coefficient (Wildman–Crippen LogP) is 1.93. The van der Waals surface area contributed by atoms with E-state index >= 15 is 0 Å². The molecule has 1 aromatic heterocycles. The number of halogens is 1. The third-order valence-electron chi connectivity index (χ3n) is 2.40. The molecule has 2 heterocycles. The van der Waals surface area contributed by atoms with Crippen LogP contribution in [0.1, 0.15) is 0 Å². The number of aromatic amines is 1. The molecular weight excluding hydrogens is 288 g/mol. The largest absolute Gasteiger partial charge is 0.454 e. The lowest BCUT2D eigenvalue weighted by Crippen LogP contribution is -2.08. The molecule has 6 heteroatoms. The highest BCUT2D eigenvalue weighted by Gasteiger charge is 2.14. The number of hydrogen-bond acceptors (Lipinski definition) is 4. The van der Waals surface area contributed by atoms with Crippen LogP contribution in [0.25, 0.3) is 11.4 Å². The minimum atomic E-state index is -0.215. The summed E-state index contributed by atoms with van der Waals surface area (Å²) in [7, 11) is 0. The molecule has 2 aromatic rings. The summed E-state index contributed by atoms with van der Waals surface area (Å²) >= 11 is 3.10. The number of fused-ring (bicyclic) bond motifs is 1. The first-order valence-electron chi connectivity index (χ1n) is 4.89. The normalized spacial score (nSPS) is 12.8. The summed E-state index contributed by atoms with van der Waals surface area (Å²) in [5.74, 6) is 1.86. The molecule has 1 N–H and O–H groups in total. The molecule has 17 heavy (non-hydrogen) atoms. The van der Waals surface area contributed by atoms with Crippen LogP contribution in [0.2, 0.25) is 0 Å². The lowest BCUT2D eigenvalue weighted by Gasteiger charge is -2.02. The molecule has 0 saturated carbocycles. The standard InChI is InChI=1S/C11H7BrN2O3/c12-7-4-13-10(14-11(7)15)6-1-2-8-9(3-6)17-5-16-8/h1-4H,5H2,(H,13,14,15). The van der Waals surface area contributed by atoms with Crippen molar-refractivity contribution in [1.29, 1.82) is 0 Å². The van der Waals surface area contributed by atoms with Crippen molar-refractivity contribution in [2.24, 2.45) is 0 Å². The fraction of sp³-hybridized carbons (Fsp3) is 0.0909. The first-order valence-corrected chi connectivity index (χ1v) is 5.68. The highest BCUT2D eigenvalue weighted by atomic mass is 79.9. The third-order valence-corrected chi connectivity index (χ3v) is 2.97. The van der Waals surface area contributed by atoms with E-state index in [2.05, 4.69) is 25.9 Å². The van der Waals surface area contributed by atoms with E-state index in [9.17, 15) is 4.79 Å². The number of nitrogens with zero attached hydrogens (tertiary/aromatic N) is 1. The Kier molecular flexibility index (Phi) is 2.36. The molecule has 1 aliphatic rings. The second-order valence-electron chi connectivity index (χ2n) is 3.48. The van der Waals surface area contributed by atoms with Gasteiger partial charge in [0.05, 0.1) is 0 Å². The zero-order valence-corrected chi connectivity index (χ0v) is 10.2. The van der Waals surface area contributed by atoms with Crippen LogP contribution in [0.5, 0.6) is 11.5 Å². The summed E-state index contributed by atoms with van der Waals surface area (Å²) in [5, 5.41) is 0. The maximum Gasteiger partial charge on any atom is 0.265 e. The maximum atomic E-state index is 11.4. The zero-order valence-electron chi connectivity index (χ0n) is 8.57. The molecule has 0 atom stereocenters. The third kappa shape index (κ3) is 1.80. The highest BCUT2D eigenvalue weighted by Crippen LogP contribution is 2.34. The van der Waals surface area contributed by atoms with Gasteiger partial charge in [-0.05, 0) is 34.1 Å². The Hall–Kier alpha value is -1.82. The van der Waals surface area contributed by atoms with Crippen molar-refractivity contribution in [2.45, 2.75) is 0 Å². The van der Waals surface area contributed by atoms with Crippen LogP contribution in [0, 0.1) is 0 Å². The van der Waals surface area contributed by atoms with Gasteiger partial charge >= 0.3 is 0 Å². The van der Waals surface area contributed by atoms with Gasteiger partial charge in [0, 0.05) is 11.8 Å². The van der Waals surface area contributed by atoms with Crippen molar-refractivity contribution in [2.75, 3.05) is 6.79 Å². The van der Waals surface area contributed by atoms with Crippen LogP contribution in [0.15, 0.2) is 33.7 Å². The highest BCUT2D eigenvalue weighted by molar-refractivity contribution is 9.10. The van der Waals surface area contributed by atoms with E-state index < -0.39 is 0 Å². The lowest BCUT2D eigenvalue weighted by atomic mass is 10.2. The molecule has 0 amide bonds. The fourth-order valence-electron chi connectivity index (χ4n) is 1.57. The van der Waals surface area contributed by atoms with Crippen molar-refractivity contribution in [3.8, 4) is 22.9 Å². The Balaban J connectivity index is 2.09. The van der Waals surface area contributed by atoms with Gasteiger partial charge in [-0.15, -0.1) is 0 Å². The van der Waals surface area contributed by atoms with E-state index in [0.717, 1.165) is 5.56 Å². The van der Waals surface area contributed by atoms with Gasteiger partial charge in [0.15, 0.2) is 11.5 Å². The second-order valence-corrected chi connectivity index (χ2v) is 4.33. The van der Waals surface area contributed by atoms with Crippen LogP contribution < -0.4 is 15.0 Å². The number of nitrogens with one attached hydrogen (secondary N) is 1. The Morgan fingerprint density at radius 1 is 1.29 bits per heavy atom. The van der Waals surface area contributed by atoms with Crippen molar-refractivity contribution < 1.29 is 9.47 Å². The molecule has 0 spiro atoms. The van der Waals surface area contributed by atoms with Gasteiger partial charge in [-0.3, -0.25) is 4.79 Å². The summed E-state index contributed by atoms with van der Waals surface area (Å²) in [4.78, 5) is 18.3.